The summed E-state index contributed by atoms with van der Waals surface area (Å²) in [6.45, 7) is 4.74. The van der Waals surface area contributed by atoms with E-state index in [1.54, 1.807) is 26.0 Å². The summed E-state index contributed by atoms with van der Waals surface area (Å²) in [6, 6.07) is 12.8. The van der Waals surface area contributed by atoms with Gasteiger partial charge >= 0.3 is 10.1 Å². The minimum Gasteiger partial charge on any atom is -0.311 e. The SMILES string of the molecule is CC(=O)Nc1cc(C)nn1/C(=N\OS(=O)(=O)c1ccc(C)cc1)c1cccc([N+](=O)[O-])c1. The standard InChI is InChI=1S/C20H19N5O6S/c1-13-7-9-18(10-8-13)32(29,30)31-23-20(16-5-4-6-17(12-16)25(27)28)24-19(21-15(3)26)11-14(2)22-24/h4-12H,1-3H3,(H,21,26)/b23-20-. The molecular weight excluding hydrogens is 438 g/mol. The number of nitrogens with one attached hydrogen (secondary N) is 1. The zero-order chi connectivity index (χ0) is 23.5. The number of oxime groups is 1. The van der Waals surface area contributed by atoms with Gasteiger partial charge in [0.2, 0.25) is 11.7 Å². The number of amides is 1. The topological polar surface area (TPSA) is 146 Å². The van der Waals surface area contributed by atoms with Gasteiger partial charge in [0.15, 0.2) is 0 Å². The molecule has 0 atom stereocenters. The Hall–Kier alpha value is -4.06. The fourth-order valence-electron chi connectivity index (χ4n) is 2.73. The fraction of sp³-hybridized carbons (Fsp3) is 0.150. The summed E-state index contributed by atoms with van der Waals surface area (Å²) < 4.78 is 31.3. The molecule has 11 nitrogen and oxygen atoms in total. The van der Waals surface area contributed by atoms with E-state index in [0.717, 1.165) is 10.2 Å². The first-order valence-electron chi connectivity index (χ1n) is 9.24. The molecule has 0 unspecified atom stereocenters. The van der Waals surface area contributed by atoms with Crippen LogP contribution < -0.4 is 5.32 Å². The average Bonchev–Trinajstić information content (AvgIpc) is 3.07. The van der Waals surface area contributed by atoms with Crippen LogP contribution in [-0.2, 0) is 19.2 Å². The summed E-state index contributed by atoms with van der Waals surface area (Å²) in [5.41, 5.74) is 1.24. The van der Waals surface area contributed by atoms with Gasteiger partial charge < -0.3 is 5.32 Å². The largest absolute Gasteiger partial charge is 0.358 e. The number of non-ortho nitro benzene ring substituents is 1. The van der Waals surface area contributed by atoms with Gasteiger partial charge in [-0.1, -0.05) is 29.8 Å². The highest BCUT2D eigenvalue weighted by molar-refractivity contribution is 7.86. The molecule has 1 N–H and O–H groups in total. The van der Waals surface area contributed by atoms with Crippen LogP contribution in [0.15, 0.2) is 64.6 Å². The van der Waals surface area contributed by atoms with E-state index in [-0.39, 0.29) is 27.8 Å². The van der Waals surface area contributed by atoms with Crippen molar-refractivity contribution in [2.75, 3.05) is 5.32 Å². The monoisotopic (exact) mass is 457 g/mol. The number of nitrogens with zero attached hydrogens (tertiary/aromatic N) is 4. The number of rotatable bonds is 6. The summed E-state index contributed by atoms with van der Waals surface area (Å²) in [4.78, 5) is 22.1. The van der Waals surface area contributed by atoms with Gasteiger partial charge in [-0.2, -0.15) is 18.2 Å². The molecule has 2 aromatic carbocycles. The first-order valence-corrected chi connectivity index (χ1v) is 10.7. The second-order valence-electron chi connectivity index (χ2n) is 6.83. The number of benzene rings is 2. The Morgan fingerprint density at radius 1 is 1.16 bits per heavy atom. The van der Waals surface area contributed by atoms with Crippen LogP contribution in [0.1, 0.15) is 23.7 Å². The minimum atomic E-state index is -4.29. The Bertz CT molecular complexity index is 1310. The van der Waals surface area contributed by atoms with Crippen molar-refractivity contribution < 1.29 is 22.4 Å². The summed E-state index contributed by atoms with van der Waals surface area (Å²) >= 11 is 0. The first-order chi connectivity index (χ1) is 15.1. The Morgan fingerprint density at radius 3 is 2.47 bits per heavy atom. The van der Waals surface area contributed by atoms with E-state index in [4.69, 9.17) is 4.28 Å². The molecule has 0 bridgehead atoms. The summed E-state index contributed by atoms with van der Waals surface area (Å²) in [7, 11) is -4.29. The van der Waals surface area contributed by atoms with Crippen LogP contribution in [0.4, 0.5) is 11.5 Å². The van der Waals surface area contributed by atoms with Crippen molar-refractivity contribution in [3.05, 3.63) is 81.5 Å². The molecule has 0 spiro atoms. The quantitative estimate of drug-likeness (QED) is 0.259. The molecule has 0 aliphatic rings. The summed E-state index contributed by atoms with van der Waals surface area (Å²) in [5.74, 6) is -0.407. The van der Waals surface area contributed by atoms with Crippen molar-refractivity contribution in [3.8, 4) is 0 Å². The molecule has 32 heavy (non-hydrogen) atoms. The molecule has 1 amide bonds. The van der Waals surface area contributed by atoms with Crippen LogP contribution in [0.5, 0.6) is 0 Å². The van der Waals surface area contributed by atoms with Gasteiger partial charge in [0.05, 0.1) is 10.6 Å². The number of anilines is 1. The molecule has 0 saturated heterocycles. The maximum atomic E-state index is 12.6. The van der Waals surface area contributed by atoms with Crippen LogP contribution in [0.25, 0.3) is 0 Å². The van der Waals surface area contributed by atoms with Gasteiger partial charge in [-0.15, -0.1) is 0 Å². The van der Waals surface area contributed by atoms with Crippen LogP contribution >= 0.6 is 0 Å². The van der Waals surface area contributed by atoms with Crippen LogP contribution in [0.2, 0.25) is 0 Å². The fourth-order valence-corrected chi connectivity index (χ4v) is 3.46. The van der Waals surface area contributed by atoms with Crippen molar-refractivity contribution in [1.82, 2.24) is 9.78 Å². The molecule has 12 heteroatoms. The molecular formula is C20H19N5O6S. The molecule has 1 aromatic heterocycles. The Kier molecular flexibility index (Phi) is 6.35. The molecule has 0 aliphatic heterocycles. The second-order valence-corrected chi connectivity index (χ2v) is 8.36. The van der Waals surface area contributed by atoms with Crippen LogP contribution in [0, 0.1) is 24.0 Å². The number of carbonyl (C=O) groups is 1. The molecule has 1 heterocycles. The van der Waals surface area contributed by atoms with E-state index in [2.05, 4.69) is 15.6 Å². The lowest BCUT2D eigenvalue weighted by Gasteiger charge is -2.11. The van der Waals surface area contributed by atoms with Gasteiger partial charge in [-0.05, 0) is 31.1 Å². The van der Waals surface area contributed by atoms with E-state index in [1.165, 1.54) is 49.4 Å². The van der Waals surface area contributed by atoms with E-state index < -0.39 is 20.9 Å². The molecule has 0 aliphatic carbocycles. The summed E-state index contributed by atoms with van der Waals surface area (Å²) in [6.07, 6.45) is 0. The molecule has 0 fully saturated rings. The van der Waals surface area contributed by atoms with E-state index in [9.17, 15) is 23.3 Å². The number of hydrogen-bond acceptors (Lipinski definition) is 8. The smallest absolute Gasteiger partial charge is 0.311 e. The van der Waals surface area contributed by atoms with Gasteiger partial charge in [-0.3, -0.25) is 19.2 Å². The third kappa shape index (κ3) is 5.16. The van der Waals surface area contributed by atoms with Crippen molar-refractivity contribution >= 4 is 33.4 Å². The number of nitro benzene ring substituents is 1. The number of hydrogen-bond donors (Lipinski definition) is 1. The zero-order valence-corrected chi connectivity index (χ0v) is 18.2. The predicted molar refractivity (Wildman–Crippen MR) is 116 cm³/mol. The Labute approximate surface area is 183 Å². The zero-order valence-electron chi connectivity index (χ0n) is 17.3. The van der Waals surface area contributed by atoms with Gasteiger partial charge in [0, 0.05) is 30.7 Å². The number of carbonyl (C=O) groups excluding carboxylic acids is 1. The molecule has 166 valence electrons. The molecule has 0 saturated carbocycles. The minimum absolute atomic E-state index is 0.121. The highest BCUT2D eigenvalue weighted by atomic mass is 32.2. The Morgan fingerprint density at radius 2 is 1.84 bits per heavy atom. The number of aromatic nitrogens is 2. The average molecular weight is 457 g/mol. The van der Waals surface area contributed by atoms with Gasteiger partial charge in [0.25, 0.3) is 5.69 Å². The lowest BCUT2D eigenvalue weighted by Crippen LogP contribution is -2.21. The molecule has 0 radical (unpaired) electrons. The third-order valence-electron chi connectivity index (χ3n) is 4.18. The molecule has 3 rings (SSSR count). The normalized spacial score (nSPS) is 11.8. The number of nitro groups is 1. The van der Waals surface area contributed by atoms with Gasteiger partial charge in [-0.25, -0.2) is 0 Å². The maximum Gasteiger partial charge on any atom is 0.358 e. The lowest BCUT2D eigenvalue weighted by atomic mass is 10.2. The van der Waals surface area contributed by atoms with Gasteiger partial charge in [0.1, 0.15) is 10.7 Å². The van der Waals surface area contributed by atoms with E-state index in [1.807, 2.05) is 0 Å². The van der Waals surface area contributed by atoms with E-state index >= 15 is 0 Å². The highest BCUT2D eigenvalue weighted by Crippen LogP contribution is 2.20. The highest BCUT2D eigenvalue weighted by Gasteiger charge is 2.21. The number of aryl methyl sites for hydroxylation is 2. The van der Waals surface area contributed by atoms with Crippen molar-refractivity contribution in [3.63, 3.8) is 0 Å². The Balaban J connectivity index is 2.13. The second kappa shape index (κ2) is 8.98. The predicted octanol–water partition coefficient (Wildman–Crippen LogP) is 2.98. The van der Waals surface area contributed by atoms with E-state index in [0.29, 0.717) is 5.69 Å². The summed E-state index contributed by atoms with van der Waals surface area (Å²) in [5, 5.41) is 21.8. The third-order valence-corrected chi connectivity index (χ3v) is 5.30. The maximum absolute atomic E-state index is 12.6. The van der Waals surface area contributed by atoms with Crippen molar-refractivity contribution in [1.29, 1.82) is 0 Å². The van der Waals surface area contributed by atoms with Crippen molar-refractivity contribution in [2.45, 2.75) is 25.7 Å². The first kappa shape index (κ1) is 22.6. The lowest BCUT2D eigenvalue weighted by molar-refractivity contribution is -0.384. The molecule has 3 aromatic rings. The van der Waals surface area contributed by atoms with Crippen LogP contribution in [0.3, 0.4) is 0 Å². The van der Waals surface area contributed by atoms with Crippen LogP contribution in [-0.4, -0.2) is 34.9 Å². The van der Waals surface area contributed by atoms with Crippen molar-refractivity contribution in [2.24, 2.45) is 5.16 Å².